The summed E-state index contributed by atoms with van der Waals surface area (Å²) in [6, 6.07) is 16.4. The second kappa shape index (κ2) is 11.7. The minimum atomic E-state index is -0.0190. The maximum atomic E-state index is 13.2. The fourth-order valence-electron chi connectivity index (χ4n) is 4.37. The smallest absolute Gasteiger partial charge is 0.274 e. The molecule has 0 atom stereocenters. The summed E-state index contributed by atoms with van der Waals surface area (Å²) >= 11 is 0. The lowest BCUT2D eigenvalue weighted by Crippen LogP contribution is -2.27. The molecular weight excluding hydrogens is 438 g/mol. The van der Waals surface area contributed by atoms with Crippen molar-refractivity contribution in [1.29, 1.82) is 0 Å². The molecule has 0 radical (unpaired) electrons. The quantitative estimate of drug-likeness (QED) is 0.289. The summed E-state index contributed by atoms with van der Waals surface area (Å²) in [5.74, 6) is 1.89. The fraction of sp³-hybridized carbons (Fsp3) is 0.444. The van der Waals surface area contributed by atoms with E-state index < -0.39 is 0 Å². The first kappa shape index (κ1) is 24.6. The molecule has 0 aliphatic rings. The fourth-order valence-corrected chi connectivity index (χ4v) is 4.37. The number of hydrogen-bond donors (Lipinski definition) is 1. The lowest BCUT2D eigenvalue weighted by molar-refractivity contribution is 0.465. The van der Waals surface area contributed by atoms with Gasteiger partial charge in [-0.1, -0.05) is 95.0 Å². The first-order valence-electron chi connectivity index (χ1n) is 12.7. The molecule has 0 spiro atoms. The first-order valence-corrected chi connectivity index (χ1v) is 12.7. The van der Waals surface area contributed by atoms with Crippen LogP contribution in [0.1, 0.15) is 64.3 Å². The minimum Gasteiger partial charge on any atom is -0.274 e. The van der Waals surface area contributed by atoms with Crippen molar-refractivity contribution in [2.45, 2.75) is 72.4 Å². The van der Waals surface area contributed by atoms with Crippen LogP contribution in [0.5, 0.6) is 0 Å². The maximum absolute atomic E-state index is 13.2. The zero-order valence-electron chi connectivity index (χ0n) is 20.9. The number of H-pyrrole nitrogens is 1. The third kappa shape index (κ3) is 6.12. The van der Waals surface area contributed by atoms with Gasteiger partial charge in [0.15, 0.2) is 5.82 Å². The molecule has 8 nitrogen and oxygen atoms in total. The van der Waals surface area contributed by atoms with Crippen molar-refractivity contribution in [3.63, 3.8) is 0 Å². The van der Waals surface area contributed by atoms with Gasteiger partial charge in [0.25, 0.3) is 0 Å². The Labute approximate surface area is 206 Å². The van der Waals surface area contributed by atoms with Gasteiger partial charge in [0.2, 0.25) is 0 Å². The lowest BCUT2D eigenvalue weighted by atomic mass is 9.98. The van der Waals surface area contributed by atoms with Crippen molar-refractivity contribution in [2.24, 2.45) is 5.92 Å². The molecule has 184 valence electrons. The zero-order chi connectivity index (χ0) is 24.6. The number of aromatic amines is 1. The average molecular weight is 474 g/mol. The number of benzene rings is 2. The number of aromatic nitrogens is 7. The Hall–Kier alpha value is -3.55. The van der Waals surface area contributed by atoms with E-state index >= 15 is 0 Å². The van der Waals surface area contributed by atoms with E-state index in [1.807, 2.05) is 22.8 Å². The van der Waals surface area contributed by atoms with Gasteiger partial charge in [-0.3, -0.25) is 4.57 Å². The lowest BCUT2D eigenvalue weighted by Gasteiger charge is -2.09. The van der Waals surface area contributed by atoms with E-state index in [-0.39, 0.29) is 5.69 Å². The zero-order valence-corrected chi connectivity index (χ0v) is 20.9. The van der Waals surface area contributed by atoms with E-state index in [9.17, 15) is 4.79 Å². The van der Waals surface area contributed by atoms with Gasteiger partial charge in [0, 0.05) is 18.5 Å². The van der Waals surface area contributed by atoms with Crippen molar-refractivity contribution < 1.29 is 0 Å². The average Bonchev–Trinajstić information content (AvgIpc) is 3.49. The van der Waals surface area contributed by atoms with Gasteiger partial charge in [-0.15, -0.1) is 5.10 Å². The largest absolute Gasteiger partial charge is 0.346 e. The van der Waals surface area contributed by atoms with E-state index in [0.29, 0.717) is 24.8 Å². The van der Waals surface area contributed by atoms with Crippen LogP contribution in [0.15, 0.2) is 53.3 Å². The van der Waals surface area contributed by atoms with E-state index in [0.717, 1.165) is 40.9 Å². The van der Waals surface area contributed by atoms with Crippen LogP contribution in [0.3, 0.4) is 0 Å². The number of nitrogens with one attached hydrogen (secondary N) is 1. The Morgan fingerprint density at radius 1 is 0.943 bits per heavy atom. The van der Waals surface area contributed by atoms with Gasteiger partial charge in [-0.2, -0.15) is 5.10 Å². The molecule has 0 aliphatic heterocycles. The van der Waals surface area contributed by atoms with Gasteiger partial charge in [-0.25, -0.2) is 14.6 Å². The summed E-state index contributed by atoms with van der Waals surface area (Å²) in [6.45, 7) is 7.61. The van der Waals surface area contributed by atoms with Crippen LogP contribution in [-0.2, 0) is 19.5 Å². The van der Waals surface area contributed by atoms with Crippen LogP contribution >= 0.6 is 0 Å². The molecule has 0 fully saturated rings. The number of nitrogens with zero attached hydrogens (tertiary/aromatic N) is 6. The molecule has 35 heavy (non-hydrogen) atoms. The number of tetrazole rings is 1. The molecule has 0 saturated heterocycles. The Bertz CT molecular complexity index is 1250. The summed E-state index contributed by atoms with van der Waals surface area (Å²) in [5, 5.41) is 19.0. The predicted octanol–water partition coefficient (Wildman–Crippen LogP) is 5.11. The molecule has 4 rings (SSSR count). The summed E-state index contributed by atoms with van der Waals surface area (Å²) in [5.41, 5.74) is 4.12. The van der Waals surface area contributed by atoms with Gasteiger partial charge in [0.1, 0.15) is 5.82 Å². The van der Waals surface area contributed by atoms with Crippen molar-refractivity contribution in [1.82, 2.24) is 35.0 Å². The van der Waals surface area contributed by atoms with Crippen molar-refractivity contribution in [3.05, 3.63) is 70.4 Å². The Morgan fingerprint density at radius 2 is 1.69 bits per heavy atom. The predicted molar refractivity (Wildman–Crippen MR) is 138 cm³/mol. The molecule has 0 unspecified atom stereocenters. The summed E-state index contributed by atoms with van der Waals surface area (Å²) in [6.07, 6.45) is 6.79. The standard InChI is InChI=1S/C27H35N7O/c1-4-5-6-7-8-13-25-30-34(18-20(2)3)27(35)33(25)19-21-14-16-22(17-15-21)23-11-9-10-12-24(23)26-28-31-32-29-26/h9-12,14-17,20H,4-8,13,18-19H2,1-3H3,(H,28,29,31,32). The van der Waals surface area contributed by atoms with Crippen molar-refractivity contribution >= 4 is 0 Å². The molecule has 0 saturated carbocycles. The minimum absolute atomic E-state index is 0.0190. The Kier molecular flexibility index (Phi) is 8.23. The number of rotatable bonds is 12. The van der Waals surface area contributed by atoms with Crippen LogP contribution in [0.25, 0.3) is 22.5 Å². The summed E-state index contributed by atoms with van der Waals surface area (Å²) in [4.78, 5) is 13.2. The highest BCUT2D eigenvalue weighted by Gasteiger charge is 2.15. The van der Waals surface area contributed by atoms with Crippen molar-refractivity contribution in [3.8, 4) is 22.5 Å². The van der Waals surface area contributed by atoms with Gasteiger partial charge in [0.05, 0.1) is 6.54 Å². The molecule has 0 amide bonds. The summed E-state index contributed by atoms with van der Waals surface area (Å²) < 4.78 is 3.49. The summed E-state index contributed by atoms with van der Waals surface area (Å²) in [7, 11) is 0. The first-order chi connectivity index (χ1) is 17.1. The van der Waals surface area contributed by atoms with Crippen LogP contribution in [0, 0.1) is 5.92 Å². The maximum Gasteiger partial charge on any atom is 0.346 e. The van der Waals surface area contributed by atoms with Gasteiger partial charge >= 0.3 is 5.69 Å². The van der Waals surface area contributed by atoms with Crippen LogP contribution < -0.4 is 5.69 Å². The van der Waals surface area contributed by atoms with Crippen LogP contribution in [0.4, 0.5) is 0 Å². The number of hydrogen-bond acceptors (Lipinski definition) is 5. The third-order valence-corrected chi connectivity index (χ3v) is 6.17. The molecule has 4 aromatic rings. The molecule has 2 heterocycles. The topological polar surface area (TPSA) is 94.3 Å². The second-order valence-electron chi connectivity index (χ2n) is 9.52. The second-order valence-corrected chi connectivity index (χ2v) is 9.52. The molecule has 1 N–H and O–H groups in total. The highest BCUT2D eigenvalue weighted by molar-refractivity contribution is 5.80. The molecule has 0 aliphatic carbocycles. The molecule has 2 aromatic heterocycles. The Morgan fingerprint density at radius 3 is 2.37 bits per heavy atom. The highest BCUT2D eigenvalue weighted by atomic mass is 16.2. The van der Waals surface area contributed by atoms with Crippen molar-refractivity contribution in [2.75, 3.05) is 0 Å². The monoisotopic (exact) mass is 473 g/mol. The van der Waals surface area contributed by atoms with E-state index in [2.05, 4.69) is 71.7 Å². The van der Waals surface area contributed by atoms with Gasteiger partial charge < -0.3 is 0 Å². The molecule has 8 heteroatoms. The van der Waals surface area contributed by atoms with E-state index in [4.69, 9.17) is 5.10 Å². The number of aryl methyl sites for hydroxylation is 1. The van der Waals surface area contributed by atoms with E-state index in [1.54, 1.807) is 4.68 Å². The normalized spacial score (nSPS) is 11.4. The van der Waals surface area contributed by atoms with Crippen LogP contribution in [-0.4, -0.2) is 35.0 Å². The molecule has 0 bridgehead atoms. The third-order valence-electron chi connectivity index (χ3n) is 6.17. The molecule has 2 aromatic carbocycles. The van der Waals surface area contributed by atoms with Gasteiger partial charge in [-0.05, 0) is 39.5 Å². The highest BCUT2D eigenvalue weighted by Crippen LogP contribution is 2.29. The Balaban J connectivity index is 1.55. The van der Waals surface area contributed by atoms with E-state index in [1.165, 1.54) is 25.7 Å². The van der Waals surface area contributed by atoms with Crippen LogP contribution in [0.2, 0.25) is 0 Å². The molecular formula is C27H35N7O. The SMILES string of the molecule is CCCCCCCc1nn(CC(C)C)c(=O)n1Cc1ccc(-c2ccccc2-c2nnn[nH]2)cc1. The number of unbranched alkanes of at least 4 members (excludes halogenated alkanes) is 4.